The highest BCUT2D eigenvalue weighted by Gasteiger charge is 2.31. The van der Waals surface area contributed by atoms with Crippen LogP contribution >= 0.6 is 0 Å². The molecule has 4 heterocycles. The van der Waals surface area contributed by atoms with Crippen molar-refractivity contribution in [3.05, 3.63) is 65.7 Å². The molecule has 2 amide bonds. The largest absolute Gasteiger partial charge is 0.416 e. The second-order valence-corrected chi connectivity index (χ2v) is 9.35. The molecule has 214 valence electrons. The molecule has 14 heteroatoms. The summed E-state index contributed by atoms with van der Waals surface area (Å²) in [7, 11) is 0. The number of nitrogens with one attached hydrogen (secondary N) is 2. The summed E-state index contributed by atoms with van der Waals surface area (Å²) in [6, 6.07) is 7.43. The van der Waals surface area contributed by atoms with Crippen LogP contribution in [0.15, 0.2) is 48.9 Å². The molecule has 11 nitrogen and oxygen atoms in total. The van der Waals surface area contributed by atoms with E-state index in [4.69, 9.17) is 10.5 Å². The zero-order valence-corrected chi connectivity index (χ0v) is 22.0. The quantitative estimate of drug-likeness (QED) is 0.278. The lowest BCUT2D eigenvalue weighted by Gasteiger charge is -2.26. The predicted molar refractivity (Wildman–Crippen MR) is 145 cm³/mol. The molecule has 0 radical (unpaired) electrons. The van der Waals surface area contributed by atoms with E-state index in [1.54, 1.807) is 35.7 Å². The summed E-state index contributed by atoms with van der Waals surface area (Å²) in [6.07, 6.45) is -1.99. The Kier molecular flexibility index (Phi) is 7.85. The summed E-state index contributed by atoms with van der Waals surface area (Å²) in [5, 5.41) is 9.29. The molecule has 0 aliphatic carbocycles. The van der Waals surface area contributed by atoms with Gasteiger partial charge in [0.1, 0.15) is 17.7 Å². The number of hydrogen-bond donors (Lipinski definition) is 3. The molecule has 1 aromatic carbocycles. The van der Waals surface area contributed by atoms with Gasteiger partial charge in [-0.05, 0) is 29.8 Å². The third-order valence-electron chi connectivity index (χ3n) is 6.69. The predicted octanol–water partition coefficient (Wildman–Crippen LogP) is 4.46. The van der Waals surface area contributed by atoms with E-state index < -0.39 is 17.8 Å². The maximum Gasteiger partial charge on any atom is 0.416 e. The van der Waals surface area contributed by atoms with Crippen LogP contribution in [-0.4, -0.2) is 62.6 Å². The number of halogens is 3. The van der Waals surface area contributed by atoms with Crippen LogP contribution in [0, 0.1) is 0 Å². The number of ether oxygens (including phenoxy) is 1. The van der Waals surface area contributed by atoms with Gasteiger partial charge in [0.15, 0.2) is 11.6 Å². The number of rotatable bonds is 7. The molecule has 1 saturated heterocycles. The van der Waals surface area contributed by atoms with E-state index >= 15 is 0 Å². The van der Waals surface area contributed by atoms with Gasteiger partial charge in [0.2, 0.25) is 0 Å². The van der Waals surface area contributed by atoms with Gasteiger partial charge in [0.05, 0.1) is 30.0 Å². The molecule has 4 aromatic rings. The highest BCUT2D eigenvalue weighted by molar-refractivity contribution is 6.09. The van der Waals surface area contributed by atoms with Gasteiger partial charge in [0.25, 0.3) is 0 Å². The molecular formula is C27H27F3N8O3. The maximum atomic E-state index is 13.3. The number of nitrogens with zero attached hydrogens (tertiary/aromatic N) is 5. The Bertz CT molecular complexity index is 1580. The SMILES string of the molecule is CCC(=O)c1c(-c2ccc(NC(=O)Nc3cc(C(F)(F)F)ccn3)cc2)c2c(N)ncnn2c1CN1CCOCC1. The smallest absolute Gasteiger partial charge is 0.382 e. The first-order valence-corrected chi connectivity index (χ1v) is 12.8. The highest BCUT2D eigenvalue weighted by Crippen LogP contribution is 2.37. The van der Waals surface area contributed by atoms with Crippen LogP contribution in [-0.2, 0) is 17.5 Å². The number of benzene rings is 1. The normalized spacial score (nSPS) is 14.2. The van der Waals surface area contributed by atoms with Gasteiger partial charge in [-0.3, -0.25) is 15.0 Å². The lowest BCUT2D eigenvalue weighted by Crippen LogP contribution is -2.36. The molecule has 1 fully saturated rings. The number of Topliss-reactive ketones (excluding diaryl/α,β-unsaturated/α-hetero) is 1. The third-order valence-corrected chi connectivity index (χ3v) is 6.69. The first kappa shape index (κ1) is 28.0. The fourth-order valence-electron chi connectivity index (χ4n) is 4.72. The van der Waals surface area contributed by atoms with Crippen molar-refractivity contribution in [1.82, 2.24) is 24.5 Å². The standard InChI is InChI=1S/C27H27F3N8O3/c1-2-20(39)23-19(14-37-9-11-41-12-10-37)38-24(25(31)33-15-34-38)22(23)16-3-5-18(6-4-16)35-26(40)36-21-13-17(7-8-32-21)27(28,29)30/h3-8,13,15H,2,9-12,14H2,1H3,(H2,31,33,34)(H2,32,35,36,40). The molecule has 3 aromatic heterocycles. The highest BCUT2D eigenvalue weighted by atomic mass is 19.4. The molecule has 0 spiro atoms. The summed E-state index contributed by atoms with van der Waals surface area (Å²) in [5.41, 5.74) is 8.67. The Labute approximate surface area is 232 Å². The van der Waals surface area contributed by atoms with Crippen molar-refractivity contribution in [2.75, 3.05) is 42.7 Å². The minimum atomic E-state index is -4.57. The van der Waals surface area contributed by atoms with Crippen molar-refractivity contribution in [2.45, 2.75) is 26.1 Å². The summed E-state index contributed by atoms with van der Waals surface area (Å²) in [4.78, 5) is 35.9. The second kappa shape index (κ2) is 11.5. The number of carbonyl (C=O) groups excluding carboxylic acids is 2. The number of nitrogen functional groups attached to an aromatic ring is 1. The number of carbonyl (C=O) groups is 2. The van der Waals surface area contributed by atoms with Crippen molar-refractivity contribution in [3.8, 4) is 11.1 Å². The number of urea groups is 1. The van der Waals surface area contributed by atoms with Crippen molar-refractivity contribution in [2.24, 2.45) is 0 Å². The number of pyridine rings is 1. The number of anilines is 3. The molecule has 0 unspecified atom stereocenters. The number of morpholine rings is 1. The van der Waals surface area contributed by atoms with Crippen LogP contribution in [0.3, 0.4) is 0 Å². The number of aromatic nitrogens is 4. The Hall–Kier alpha value is -4.56. The summed E-state index contributed by atoms with van der Waals surface area (Å²) in [5.74, 6) is -0.118. The zero-order valence-electron chi connectivity index (χ0n) is 22.0. The molecular weight excluding hydrogens is 541 g/mol. The Balaban J connectivity index is 1.45. The number of hydrogen-bond acceptors (Lipinski definition) is 8. The Morgan fingerprint density at radius 3 is 2.49 bits per heavy atom. The number of nitrogens with two attached hydrogens (primary N) is 1. The van der Waals surface area contributed by atoms with E-state index in [0.717, 1.165) is 18.3 Å². The molecule has 1 aliphatic rings. The van der Waals surface area contributed by atoms with Gasteiger partial charge in [-0.1, -0.05) is 19.1 Å². The zero-order chi connectivity index (χ0) is 29.1. The molecule has 0 saturated carbocycles. The molecule has 41 heavy (non-hydrogen) atoms. The Morgan fingerprint density at radius 2 is 1.80 bits per heavy atom. The van der Waals surface area contributed by atoms with E-state index in [9.17, 15) is 22.8 Å². The van der Waals surface area contributed by atoms with Crippen LogP contribution in [0.1, 0.15) is 35.0 Å². The second-order valence-electron chi connectivity index (χ2n) is 9.35. The first-order valence-electron chi connectivity index (χ1n) is 12.8. The number of fused-ring (bicyclic) bond motifs is 1. The number of amides is 2. The van der Waals surface area contributed by atoms with Crippen LogP contribution < -0.4 is 16.4 Å². The lowest BCUT2D eigenvalue weighted by atomic mass is 9.96. The van der Waals surface area contributed by atoms with Gasteiger partial charge in [-0.2, -0.15) is 18.3 Å². The topological polar surface area (TPSA) is 140 Å². The van der Waals surface area contributed by atoms with Gasteiger partial charge in [-0.25, -0.2) is 19.3 Å². The van der Waals surface area contributed by atoms with Gasteiger partial charge >= 0.3 is 12.2 Å². The minimum Gasteiger partial charge on any atom is -0.382 e. The van der Waals surface area contributed by atoms with E-state index in [-0.39, 0.29) is 23.8 Å². The van der Waals surface area contributed by atoms with Gasteiger partial charge < -0.3 is 15.8 Å². The van der Waals surface area contributed by atoms with Crippen molar-refractivity contribution < 1.29 is 27.5 Å². The summed E-state index contributed by atoms with van der Waals surface area (Å²) >= 11 is 0. The molecule has 0 bridgehead atoms. The third kappa shape index (κ3) is 5.98. The van der Waals surface area contributed by atoms with Crippen LogP contribution in [0.5, 0.6) is 0 Å². The fraction of sp³-hybridized carbons (Fsp3) is 0.296. The van der Waals surface area contributed by atoms with E-state index in [2.05, 4.69) is 30.6 Å². The number of ketones is 1. The average molecular weight is 569 g/mol. The molecule has 1 aliphatic heterocycles. The lowest BCUT2D eigenvalue weighted by molar-refractivity contribution is -0.137. The van der Waals surface area contributed by atoms with Crippen molar-refractivity contribution in [3.63, 3.8) is 0 Å². The van der Waals surface area contributed by atoms with Gasteiger partial charge in [0, 0.05) is 43.5 Å². The van der Waals surface area contributed by atoms with E-state index in [1.165, 1.54) is 6.33 Å². The fourth-order valence-corrected chi connectivity index (χ4v) is 4.72. The van der Waals surface area contributed by atoms with Crippen LogP contribution in [0.2, 0.25) is 0 Å². The summed E-state index contributed by atoms with van der Waals surface area (Å²) in [6.45, 7) is 4.85. The maximum absolute atomic E-state index is 13.3. The van der Waals surface area contributed by atoms with E-state index in [0.29, 0.717) is 66.4 Å². The first-order chi connectivity index (χ1) is 19.7. The Morgan fingerprint density at radius 1 is 1.07 bits per heavy atom. The average Bonchev–Trinajstić information content (AvgIpc) is 3.28. The number of alkyl halides is 3. The minimum absolute atomic E-state index is 0.0803. The summed E-state index contributed by atoms with van der Waals surface area (Å²) < 4.78 is 46.0. The molecule has 5 rings (SSSR count). The van der Waals surface area contributed by atoms with Crippen molar-refractivity contribution in [1.29, 1.82) is 0 Å². The van der Waals surface area contributed by atoms with Gasteiger partial charge in [-0.15, -0.1) is 0 Å². The van der Waals surface area contributed by atoms with Crippen LogP contribution in [0.25, 0.3) is 16.6 Å². The van der Waals surface area contributed by atoms with Crippen LogP contribution in [0.4, 0.5) is 35.3 Å². The van der Waals surface area contributed by atoms with E-state index in [1.807, 2.05) is 0 Å². The molecule has 0 atom stereocenters. The monoisotopic (exact) mass is 568 g/mol. The molecule has 4 N–H and O–H groups in total. The van der Waals surface area contributed by atoms with Crippen molar-refractivity contribution >= 4 is 34.7 Å².